The molecule has 122 valence electrons. The van der Waals surface area contributed by atoms with E-state index in [1.54, 1.807) is 0 Å². The zero-order valence-electron chi connectivity index (χ0n) is 13.9. The van der Waals surface area contributed by atoms with Crippen LogP contribution in [0.2, 0.25) is 0 Å². The van der Waals surface area contributed by atoms with Crippen LogP contribution in [0.15, 0.2) is 28.8 Å². The number of aromatic nitrogens is 4. The Labute approximate surface area is 135 Å². The monoisotopic (exact) mass is 313 g/mol. The van der Waals surface area contributed by atoms with E-state index in [-0.39, 0.29) is 0 Å². The molecule has 0 unspecified atom stereocenters. The summed E-state index contributed by atoms with van der Waals surface area (Å²) >= 11 is 0. The van der Waals surface area contributed by atoms with Gasteiger partial charge in [-0.15, -0.1) is 0 Å². The van der Waals surface area contributed by atoms with Gasteiger partial charge in [-0.1, -0.05) is 0 Å². The molecule has 2 N–H and O–H groups in total. The fourth-order valence-corrected chi connectivity index (χ4v) is 2.71. The van der Waals surface area contributed by atoms with E-state index in [1.165, 1.54) is 5.69 Å². The van der Waals surface area contributed by atoms with Gasteiger partial charge in [0, 0.05) is 24.3 Å². The molecular weight excluding hydrogens is 290 g/mol. The predicted octanol–water partition coefficient (Wildman–Crippen LogP) is 2.97. The highest BCUT2D eigenvalue weighted by atomic mass is 16.3. The first kappa shape index (κ1) is 15.6. The number of rotatable bonds is 7. The van der Waals surface area contributed by atoms with Crippen LogP contribution in [0.4, 0.5) is 0 Å². The summed E-state index contributed by atoms with van der Waals surface area (Å²) in [5, 5.41) is 15.1. The Bertz CT molecular complexity index is 768. The summed E-state index contributed by atoms with van der Waals surface area (Å²) in [6.45, 7) is 8.69. The number of nitrogens with one attached hydrogen (secondary N) is 2. The largest absolute Gasteiger partial charge is 0.460 e. The lowest BCUT2D eigenvalue weighted by atomic mass is 10.2. The maximum absolute atomic E-state index is 5.66. The van der Waals surface area contributed by atoms with Crippen LogP contribution in [-0.2, 0) is 13.1 Å². The van der Waals surface area contributed by atoms with Crippen LogP contribution in [0.3, 0.4) is 0 Å². The highest BCUT2D eigenvalue weighted by Crippen LogP contribution is 2.23. The Morgan fingerprint density at radius 3 is 2.83 bits per heavy atom. The number of hydrogen-bond acceptors (Lipinski definition) is 4. The maximum Gasteiger partial charge on any atom is 0.152 e. The second kappa shape index (κ2) is 6.83. The van der Waals surface area contributed by atoms with Gasteiger partial charge >= 0.3 is 0 Å². The van der Waals surface area contributed by atoms with Crippen molar-refractivity contribution in [1.29, 1.82) is 0 Å². The SMILES string of the molecule is Cc1cc(C)n(CCCNCc2cn[nH]c2-c2ccc(C)o2)n1. The third-order valence-electron chi connectivity index (χ3n) is 3.85. The molecule has 0 radical (unpaired) electrons. The maximum atomic E-state index is 5.66. The van der Waals surface area contributed by atoms with Crippen molar-refractivity contribution in [1.82, 2.24) is 25.3 Å². The summed E-state index contributed by atoms with van der Waals surface area (Å²) in [6.07, 6.45) is 2.89. The van der Waals surface area contributed by atoms with Crippen LogP contribution in [0, 0.1) is 20.8 Å². The van der Waals surface area contributed by atoms with Crippen molar-refractivity contribution in [2.24, 2.45) is 0 Å². The molecule has 6 heteroatoms. The van der Waals surface area contributed by atoms with E-state index < -0.39 is 0 Å². The lowest BCUT2D eigenvalue weighted by Gasteiger charge is -2.06. The summed E-state index contributed by atoms with van der Waals surface area (Å²) in [6, 6.07) is 6.04. The zero-order chi connectivity index (χ0) is 16.2. The minimum Gasteiger partial charge on any atom is -0.460 e. The van der Waals surface area contributed by atoms with Gasteiger partial charge in [-0.25, -0.2) is 0 Å². The normalized spacial score (nSPS) is 11.3. The van der Waals surface area contributed by atoms with Crippen molar-refractivity contribution in [3.8, 4) is 11.5 Å². The van der Waals surface area contributed by atoms with E-state index >= 15 is 0 Å². The highest BCUT2D eigenvalue weighted by Gasteiger charge is 2.10. The van der Waals surface area contributed by atoms with Crippen LogP contribution in [0.25, 0.3) is 11.5 Å². The van der Waals surface area contributed by atoms with E-state index in [2.05, 4.69) is 38.3 Å². The molecule has 0 saturated heterocycles. The van der Waals surface area contributed by atoms with Gasteiger partial charge in [-0.2, -0.15) is 10.2 Å². The Hall–Kier alpha value is -2.34. The Morgan fingerprint density at radius 1 is 1.26 bits per heavy atom. The van der Waals surface area contributed by atoms with Crippen LogP contribution in [0.5, 0.6) is 0 Å². The Balaban J connectivity index is 1.48. The van der Waals surface area contributed by atoms with Gasteiger partial charge < -0.3 is 9.73 Å². The van der Waals surface area contributed by atoms with Gasteiger partial charge in [0.1, 0.15) is 11.5 Å². The summed E-state index contributed by atoms with van der Waals surface area (Å²) < 4.78 is 7.72. The number of aryl methyl sites for hydroxylation is 4. The summed E-state index contributed by atoms with van der Waals surface area (Å²) in [5.41, 5.74) is 4.36. The Morgan fingerprint density at radius 2 is 2.13 bits per heavy atom. The van der Waals surface area contributed by atoms with E-state index in [0.717, 1.165) is 54.5 Å². The van der Waals surface area contributed by atoms with Crippen LogP contribution < -0.4 is 5.32 Å². The van der Waals surface area contributed by atoms with Gasteiger partial charge in [0.25, 0.3) is 0 Å². The molecule has 0 fully saturated rings. The highest BCUT2D eigenvalue weighted by molar-refractivity contribution is 5.56. The van der Waals surface area contributed by atoms with Gasteiger partial charge in [0.05, 0.1) is 11.9 Å². The first-order valence-corrected chi connectivity index (χ1v) is 7.94. The average molecular weight is 313 g/mol. The van der Waals surface area contributed by atoms with Crippen molar-refractivity contribution in [2.45, 2.75) is 40.3 Å². The Kier molecular flexibility index (Phi) is 4.62. The van der Waals surface area contributed by atoms with Gasteiger partial charge in [-0.05, 0) is 51.9 Å². The van der Waals surface area contributed by atoms with E-state index in [0.29, 0.717) is 0 Å². The van der Waals surface area contributed by atoms with Gasteiger partial charge in [-0.3, -0.25) is 9.78 Å². The predicted molar refractivity (Wildman–Crippen MR) is 89.1 cm³/mol. The smallest absolute Gasteiger partial charge is 0.152 e. The molecule has 3 aromatic rings. The number of nitrogens with zero attached hydrogens (tertiary/aromatic N) is 3. The number of H-pyrrole nitrogens is 1. The molecule has 0 aliphatic heterocycles. The molecule has 3 aromatic heterocycles. The third kappa shape index (κ3) is 3.71. The number of hydrogen-bond donors (Lipinski definition) is 2. The molecule has 0 bridgehead atoms. The molecule has 0 aliphatic rings. The minimum absolute atomic E-state index is 0.767. The van der Waals surface area contributed by atoms with Crippen LogP contribution in [0.1, 0.15) is 29.1 Å². The van der Waals surface area contributed by atoms with Crippen molar-refractivity contribution in [3.05, 3.63) is 47.1 Å². The van der Waals surface area contributed by atoms with Crippen LogP contribution >= 0.6 is 0 Å². The van der Waals surface area contributed by atoms with Crippen LogP contribution in [-0.4, -0.2) is 26.5 Å². The number of furan rings is 1. The molecule has 6 nitrogen and oxygen atoms in total. The molecule has 0 aliphatic carbocycles. The lowest BCUT2D eigenvalue weighted by Crippen LogP contribution is -2.17. The van der Waals surface area contributed by atoms with Crippen molar-refractivity contribution in [3.63, 3.8) is 0 Å². The second-order valence-corrected chi connectivity index (χ2v) is 5.86. The molecular formula is C17H23N5O. The molecule has 3 rings (SSSR count). The average Bonchev–Trinajstić information content (AvgIpc) is 3.20. The van der Waals surface area contributed by atoms with E-state index in [4.69, 9.17) is 4.42 Å². The van der Waals surface area contributed by atoms with Crippen molar-refractivity contribution >= 4 is 0 Å². The minimum atomic E-state index is 0.767. The van der Waals surface area contributed by atoms with Gasteiger partial charge in [0.2, 0.25) is 0 Å². The summed E-state index contributed by atoms with van der Waals surface area (Å²) in [7, 11) is 0. The molecule has 0 atom stereocenters. The third-order valence-corrected chi connectivity index (χ3v) is 3.85. The molecule has 0 aromatic carbocycles. The topological polar surface area (TPSA) is 71.7 Å². The molecule has 0 spiro atoms. The number of aromatic amines is 1. The fraction of sp³-hybridized carbons (Fsp3) is 0.412. The molecule has 0 saturated carbocycles. The van der Waals surface area contributed by atoms with Crippen molar-refractivity contribution in [2.75, 3.05) is 6.54 Å². The first-order valence-electron chi connectivity index (χ1n) is 7.94. The first-order chi connectivity index (χ1) is 11.1. The second-order valence-electron chi connectivity index (χ2n) is 5.86. The molecule has 3 heterocycles. The van der Waals surface area contributed by atoms with E-state index in [9.17, 15) is 0 Å². The molecule has 0 amide bonds. The fourth-order valence-electron chi connectivity index (χ4n) is 2.71. The van der Waals surface area contributed by atoms with Gasteiger partial charge in [0.15, 0.2) is 5.76 Å². The quantitative estimate of drug-likeness (QED) is 0.658. The zero-order valence-corrected chi connectivity index (χ0v) is 13.9. The summed E-state index contributed by atoms with van der Waals surface area (Å²) in [5.74, 6) is 1.73. The standard InChI is InChI=1S/C17H23N5O/c1-12-9-13(2)22(21-12)8-4-7-18-10-15-11-19-20-17(15)16-6-5-14(3)23-16/h5-6,9,11,18H,4,7-8,10H2,1-3H3,(H,19,20). The van der Waals surface area contributed by atoms with E-state index in [1.807, 2.05) is 32.2 Å². The van der Waals surface area contributed by atoms with Crippen molar-refractivity contribution < 1.29 is 4.42 Å². The lowest BCUT2D eigenvalue weighted by molar-refractivity contribution is 0.530. The summed E-state index contributed by atoms with van der Waals surface area (Å²) in [4.78, 5) is 0. The molecule has 23 heavy (non-hydrogen) atoms.